The van der Waals surface area contributed by atoms with E-state index in [9.17, 15) is 19.4 Å². The summed E-state index contributed by atoms with van der Waals surface area (Å²) >= 11 is 0. The van der Waals surface area contributed by atoms with Gasteiger partial charge in [0.15, 0.2) is 0 Å². The Morgan fingerprint density at radius 2 is 0.812 bits per heavy atom. The summed E-state index contributed by atoms with van der Waals surface area (Å²) in [7, 11) is 1.55. The highest BCUT2D eigenvalue weighted by Crippen LogP contribution is 2.43. The minimum atomic E-state index is -4.35. The van der Waals surface area contributed by atoms with E-state index in [1.165, 1.54) is 218 Å². The first-order valence-electron chi connectivity index (χ1n) is 29.9. The number of likely N-dealkylation sites (N-methyl/N-ethyl adjacent to an activating group) is 1. The maximum atomic E-state index is 12.9. The molecule has 0 aromatic heterocycles. The molecular weight excluding hydrogens is 876 g/mol. The molecule has 3 atom stereocenters. The lowest BCUT2D eigenvalue weighted by Crippen LogP contribution is -2.45. The molecule has 0 fully saturated rings. The van der Waals surface area contributed by atoms with Gasteiger partial charge in [-0.2, -0.15) is 0 Å². The number of quaternary nitrogens is 1. The van der Waals surface area contributed by atoms with Crippen LogP contribution in [0, 0.1) is 0 Å². The first-order valence-corrected chi connectivity index (χ1v) is 31.4. The number of rotatable bonds is 55. The highest BCUT2D eigenvalue weighted by molar-refractivity contribution is 7.47. The van der Waals surface area contributed by atoms with Crippen molar-refractivity contribution in [2.75, 3.05) is 40.9 Å². The van der Waals surface area contributed by atoms with Crippen molar-refractivity contribution in [2.45, 2.75) is 302 Å². The van der Waals surface area contributed by atoms with Gasteiger partial charge < -0.3 is 19.8 Å². The van der Waals surface area contributed by atoms with Crippen LogP contribution < -0.4 is 5.32 Å². The lowest BCUT2D eigenvalue weighted by atomic mass is 10.0. The molecule has 9 heteroatoms. The van der Waals surface area contributed by atoms with Crippen molar-refractivity contribution < 1.29 is 32.9 Å². The van der Waals surface area contributed by atoms with Crippen LogP contribution in [0.4, 0.5) is 0 Å². The van der Waals surface area contributed by atoms with Crippen LogP contribution >= 0.6 is 7.82 Å². The van der Waals surface area contributed by atoms with Crippen LogP contribution in [0.5, 0.6) is 0 Å². The average Bonchev–Trinajstić information content (AvgIpc) is 3.31. The number of aliphatic hydroxyl groups excluding tert-OH is 1. The summed E-state index contributed by atoms with van der Waals surface area (Å²) in [5.41, 5.74) is 0. The van der Waals surface area contributed by atoms with Gasteiger partial charge in [-0.25, -0.2) is 4.57 Å². The average molecular weight is 995 g/mol. The van der Waals surface area contributed by atoms with Crippen LogP contribution in [-0.4, -0.2) is 73.4 Å². The number of allylic oxidation sites excluding steroid dienone is 5. The van der Waals surface area contributed by atoms with Gasteiger partial charge in [0.25, 0.3) is 0 Å². The normalized spacial score (nSPS) is 14.1. The van der Waals surface area contributed by atoms with Crippen LogP contribution in [0.15, 0.2) is 36.5 Å². The zero-order valence-corrected chi connectivity index (χ0v) is 47.5. The third kappa shape index (κ3) is 54.3. The summed E-state index contributed by atoms with van der Waals surface area (Å²) in [6.07, 6.45) is 67.4. The molecule has 0 radical (unpaired) electrons. The predicted molar refractivity (Wildman–Crippen MR) is 300 cm³/mol. The number of phosphoric ester groups is 1. The fourth-order valence-electron chi connectivity index (χ4n) is 8.97. The summed E-state index contributed by atoms with van der Waals surface area (Å²) in [4.78, 5) is 23.2. The first-order chi connectivity index (χ1) is 33.5. The number of nitrogens with zero attached hydrogens (tertiary/aromatic N) is 1. The quantitative estimate of drug-likeness (QED) is 0.0243. The maximum absolute atomic E-state index is 12.9. The Balaban J connectivity index is 3.82. The van der Waals surface area contributed by atoms with E-state index in [0.29, 0.717) is 17.4 Å². The molecule has 0 saturated carbocycles. The second-order valence-corrected chi connectivity index (χ2v) is 23.1. The SMILES string of the molecule is CC/C=C/CC/C=C/CC/C=C/C(O)C(COP(=O)(O)OCC[N+](C)(C)C)NC(=O)CCCCCCCCCCCCCCCCCCCCCCCCCCCCCCCCCCCCCCC. The smallest absolute Gasteiger partial charge is 0.387 e. The van der Waals surface area contributed by atoms with Crippen LogP contribution in [0.3, 0.4) is 0 Å². The van der Waals surface area contributed by atoms with Gasteiger partial charge in [0.2, 0.25) is 5.91 Å². The summed E-state index contributed by atoms with van der Waals surface area (Å²) in [6.45, 7) is 4.69. The van der Waals surface area contributed by atoms with E-state index in [-0.39, 0.29) is 19.1 Å². The number of phosphoric acid groups is 1. The molecule has 0 aliphatic rings. The molecule has 0 aromatic carbocycles. The van der Waals surface area contributed by atoms with Gasteiger partial charge in [0, 0.05) is 6.42 Å². The lowest BCUT2D eigenvalue weighted by Gasteiger charge is -2.25. The molecule has 0 aromatic rings. The van der Waals surface area contributed by atoms with Gasteiger partial charge in [-0.05, 0) is 38.5 Å². The molecule has 3 N–H and O–H groups in total. The van der Waals surface area contributed by atoms with E-state index in [1.54, 1.807) is 6.08 Å². The van der Waals surface area contributed by atoms with Crippen molar-refractivity contribution in [3.8, 4) is 0 Å². The number of nitrogens with one attached hydrogen (secondary N) is 1. The molecular formula is C60H118N2O6P+. The highest BCUT2D eigenvalue weighted by atomic mass is 31.2. The van der Waals surface area contributed by atoms with E-state index in [4.69, 9.17) is 9.05 Å². The summed E-state index contributed by atoms with van der Waals surface area (Å²) in [5, 5.41) is 13.8. The van der Waals surface area contributed by atoms with E-state index in [0.717, 1.165) is 51.4 Å². The Labute approximate surface area is 429 Å². The minimum absolute atomic E-state index is 0.0545. The number of hydrogen-bond donors (Lipinski definition) is 3. The Hall–Kier alpha value is -1.28. The topological polar surface area (TPSA) is 105 Å². The van der Waals surface area contributed by atoms with Crippen LogP contribution in [0.2, 0.25) is 0 Å². The molecule has 0 heterocycles. The molecule has 0 rings (SSSR count). The van der Waals surface area contributed by atoms with Crippen molar-refractivity contribution in [3.63, 3.8) is 0 Å². The lowest BCUT2D eigenvalue weighted by molar-refractivity contribution is -0.870. The largest absolute Gasteiger partial charge is 0.472 e. The molecule has 8 nitrogen and oxygen atoms in total. The van der Waals surface area contributed by atoms with E-state index < -0.39 is 20.0 Å². The number of amides is 1. The Morgan fingerprint density at radius 1 is 0.493 bits per heavy atom. The van der Waals surface area contributed by atoms with Crippen LogP contribution in [0.1, 0.15) is 290 Å². The van der Waals surface area contributed by atoms with Crippen molar-refractivity contribution in [1.29, 1.82) is 0 Å². The van der Waals surface area contributed by atoms with E-state index in [1.807, 2.05) is 27.2 Å². The standard InChI is InChI=1S/C60H117N2O6P/c1-6-8-10-12-14-16-18-19-20-21-22-23-24-25-26-27-28-29-30-31-32-33-34-35-36-37-38-39-40-41-42-43-44-46-48-50-52-54-60(64)61-58(57-68-69(65,66)67-56-55-62(3,4)5)59(63)53-51-49-47-45-17-15-13-11-9-7-2/h9,11,17,45,51,53,58-59,63H,6-8,10,12-16,18-44,46-50,52,54-57H2,1-5H3,(H-,61,64,65,66)/p+1/b11-9+,45-17+,53-51+. The second kappa shape index (κ2) is 51.6. The van der Waals surface area contributed by atoms with Crippen molar-refractivity contribution in [3.05, 3.63) is 36.5 Å². The summed E-state index contributed by atoms with van der Waals surface area (Å²) in [6, 6.07) is -0.866. The molecule has 3 unspecified atom stereocenters. The van der Waals surface area contributed by atoms with E-state index in [2.05, 4.69) is 43.5 Å². The number of unbranched alkanes of at least 4 members (excludes halogenated alkanes) is 38. The number of carbonyl (C=O) groups excluding carboxylic acids is 1. The zero-order chi connectivity index (χ0) is 50.6. The van der Waals surface area contributed by atoms with Gasteiger partial charge in [-0.3, -0.25) is 13.8 Å². The highest BCUT2D eigenvalue weighted by Gasteiger charge is 2.27. The van der Waals surface area contributed by atoms with Gasteiger partial charge in [-0.1, -0.05) is 281 Å². The monoisotopic (exact) mass is 994 g/mol. The third-order valence-electron chi connectivity index (χ3n) is 13.6. The minimum Gasteiger partial charge on any atom is -0.387 e. The van der Waals surface area contributed by atoms with Gasteiger partial charge >= 0.3 is 7.82 Å². The number of hydrogen-bond acceptors (Lipinski definition) is 5. The second-order valence-electron chi connectivity index (χ2n) is 21.7. The fourth-order valence-corrected chi connectivity index (χ4v) is 9.70. The molecule has 408 valence electrons. The zero-order valence-electron chi connectivity index (χ0n) is 46.6. The third-order valence-corrected chi connectivity index (χ3v) is 14.6. The number of aliphatic hydroxyl groups is 1. The summed E-state index contributed by atoms with van der Waals surface area (Å²) in [5.74, 6) is -0.189. The Bertz CT molecular complexity index is 1220. The maximum Gasteiger partial charge on any atom is 0.472 e. The Morgan fingerprint density at radius 3 is 1.14 bits per heavy atom. The molecule has 0 bridgehead atoms. The molecule has 1 amide bonds. The molecule has 0 spiro atoms. The fraction of sp³-hybridized carbons (Fsp3) is 0.883. The van der Waals surface area contributed by atoms with Gasteiger partial charge in [0.1, 0.15) is 13.2 Å². The molecule has 69 heavy (non-hydrogen) atoms. The number of carbonyl (C=O) groups is 1. The summed E-state index contributed by atoms with van der Waals surface area (Å²) < 4.78 is 23.6. The predicted octanol–water partition coefficient (Wildman–Crippen LogP) is 18.2. The van der Waals surface area contributed by atoms with Crippen molar-refractivity contribution in [1.82, 2.24) is 5.32 Å². The molecule has 0 aliphatic carbocycles. The molecule has 0 aliphatic heterocycles. The van der Waals surface area contributed by atoms with Crippen molar-refractivity contribution in [2.24, 2.45) is 0 Å². The van der Waals surface area contributed by atoms with Gasteiger partial charge in [-0.15, -0.1) is 0 Å². The molecule has 0 saturated heterocycles. The van der Waals surface area contributed by atoms with Crippen LogP contribution in [0.25, 0.3) is 0 Å². The Kier molecular flexibility index (Phi) is 50.7. The van der Waals surface area contributed by atoms with Gasteiger partial charge in [0.05, 0.1) is 39.9 Å². The van der Waals surface area contributed by atoms with Crippen LogP contribution in [-0.2, 0) is 18.4 Å². The first kappa shape index (κ1) is 67.7. The van der Waals surface area contributed by atoms with E-state index >= 15 is 0 Å². The van der Waals surface area contributed by atoms with Crippen molar-refractivity contribution >= 4 is 13.7 Å².